The van der Waals surface area contributed by atoms with Gasteiger partial charge in [-0.2, -0.15) is 0 Å². The van der Waals surface area contributed by atoms with Crippen LogP contribution < -0.4 is 10.6 Å². The summed E-state index contributed by atoms with van der Waals surface area (Å²) >= 11 is 0. The van der Waals surface area contributed by atoms with Crippen molar-refractivity contribution in [3.8, 4) is 0 Å². The highest BCUT2D eigenvalue weighted by molar-refractivity contribution is 5.42. The lowest BCUT2D eigenvalue weighted by molar-refractivity contribution is 0.0447. The molecule has 4 nitrogen and oxygen atoms in total. The molecule has 94 valence electrons. The van der Waals surface area contributed by atoms with Crippen molar-refractivity contribution < 1.29 is 5.11 Å². The van der Waals surface area contributed by atoms with Crippen LogP contribution in [0.2, 0.25) is 0 Å². The van der Waals surface area contributed by atoms with Crippen molar-refractivity contribution in [1.82, 2.24) is 4.98 Å². The minimum atomic E-state index is -0.607. The van der Waals surface area contributed by atoms with Crippen molar-refractivity contribution >= 4 is 5.82 Å². The lowest BCUT2D eigenvalue weighted by Gasteiger charge is -2.37. The second kappa shape index (κ2) is 4.63. The summed E-state index contributed by atoms with van der Waals surface area (Å²) in [7, 11) is 0. The summed E-state index contributed by atoms with van der Waals surface area (Å²) in [4.78, 5) is 6.50. The topological polar surface area (TPSA) is 62.4 Å². The number of piperidine rings is 1. The van der Waals surface area contributed by atoms with Gasteiger partial charge in [-0.25, -0.2) is 4.98 Å². The number of aromatic nitrogens is 1. The van der Waals surface area contributed by atoms with Crippen LogP contribution in [0.25, 0.3) is 0 Å². The average molecular weight is 235 g/mol. The minimum Gasteiger partial charge on any atom is -0.388 e. The summed E-state index contributed by atoms with van der Waals surface area (Å²) in [5, 5.41) is 10.1. The largest absolute Gasteiger partial charge is 0.388 e. The smallest absolute Gasteiger partial charge is 0.128 e. The number of nitrogens with zero attached hydrogens (tertiary/aromatic N) is 2. The molecule has 1 unspecified atom stereocenters. The highest BCUT2D eigenvalue weighted by Gasteiger charge is 2.29. The van der Waals surface area contributed by atoms with Crippen molar-refractivity contribution in [2.45, 2.75) is 38.3 Å². The average Bonchev–Trinajstić information content (AvgIpc) is 2.28. The number of aliphatic hydroxyl groups is 1. The fourth-order valence-electron chi connectivity index (χ4n) is 2.31. The fraction of sp³-hybridized carbons (Fsp3) is 0.615. The third kappa shape index (κ3) is 2.96. The van der Waals surface area contributed by atoms with Gasteiger partial charge in [-0.15, -0.1) is 0 Å². The van der Waals surface area contributed by atoms with E-state index in [-0.39, 0.29) is 6.04 Å². The number of rotatable bonds is 2. The van der Waals surface area contributed by atoms with Gasteiger partial charge in [-0.1, -0.05) is 0 Å². The van der Waals surface area contributed by atoms with E-state index in [0.717, 1.165) is 30.8 Å². The van der Waals surface area contributed by atoms with Gasteiger partial charge >= 0.3 is 0 Å². The van der Waals surface area contributed by atoms with E-state index in [2.05, 4.69) is 9.88 Å². The van der Waals surface area contributed by atoms with Crippen LogP contribution in [0.15, 0.2) is 18.3 Å². The maximum Gasteiger partial charge on any atom is 0.128 e. The van der Waals surface area contributed by atoms with Gasteiger partial charge in [0, 0.05) is 25.3 Å². The van der Waals surface area contributed by atoms with Gasteiger partial charge in [0.2, 0.25) is 0 Å². The summed E-state index contributed by atoms with van der Waals surface area (Å²) in [6.07, 6.45) is 3.64. The van der Waals surface area contributed by atoms with Crippen LogP contribution in [-0.4, -0.2) is 28.8 Å². The molecule has 1 saturated heterocycles. The van der Waals surface area contributed by atoms with Crippen LogP contribution in [0, 0.1) is 0 Å². The van der Waals surface area contributed by atoms with Crippen LogP contribution >= 0.6 is 0 Å². The third-order valence-corrected chi connectivity index (χ3v) is 3.29. The number of β-amino-alcohol motifs (C(OH)–C–C–N with tert-alkyl or cyclic N) is 1. The molecule has 1 fully saturated rings. The maximum absolute atomic E-state index is 10.1. The Labute approximate surface area is 102 Å². The Kier molecular flexibility index (Phi) is 3.35. The first-order valence-electron chi connectivity index (χ1n) is 6.17. The van der Waals surface area contributed by atoms with Gasteiger partial charge in [0.15, 0.2) is 0 Å². The van der Waals surface area contributed by atoms with Crippen molar-refractivity contribution in [2.75, 3.05) is 18.0 Å². The molecule has 0 aromatic carbocycles. The van der Waals surface area contributed by atoms with Crippen LogP contribution in [0.5, 0.6) is 0 Å². The predicted molar refractivity (Wildman–Crippen MR) is 68.9 cm³/mol. The Hall–Kier alpha value is -1.13. The number of pyridine rings is 1. The van der Waals surface area contributed by atoms with E-state index < -0.39 is 5.60 Å². The molecule has 0 amide bonds. The third-order valence-electron chi connectivity index (χ3n) is 3.29. The lowest BCUT2D eigenvalue weighted by atomic mass is 9.95. The van der Waals surface area contributed by atoms with Crippen LogP contribution in [-0.2, 0) is 0 Å². The molecule has 0 bridgehead atoms. The van der Waals surface area contributed by atoms with Gasteiger partial charge in [0.1, 0.15) is 5.82 Å². The summed E-state index contributed by atoms with van der Waals surface area (Å²) in [6.45, 7) is 5.44. The van der Waals surface area contributed by atoms with Gasteiger partial charge in [-0.3, -0.25) is 0 Å². The second-order valence-electron chi connectivity index (χ2n) is 5.26. The first-order chi connectivity index (χ1) is 7.98. The monoisotopic (exact) mass is 235 g/mol. The molecule has 1 aliphatic rings. The Morgan fingerprint density at radius 3 is 3.00 bits per heavy atom. The van der Waals surface area contributed by atoms with Crippen LogP contribution in [0.3, 0.4) is 0 Å². The molecule has 0 aliphatic carbocycles. The van der Waals surface area contributed by atoms with E-state index in [0.29, 0.717) is 6.54 Å². The van der Waals surface area contributed by atoms with E-state index in [1.165, 1.54) is 0 Å². The molecule has 3 N–H and O–H groups in total. The standard InChI is InChI=1S/C13H21N3O/c1-10(14)11-4-6-15-12(8-11)16-7-3-5-13(2,17)9-16/h4,6,8,10,17H,3,5,7,9,14H2,1-2H3/t10-,13?/m1/s1. The van der Waals surface area contributed by atoms with Crippen molar-refractivity contribution in [1.29, 1.82) is 0 Å². The quantitative estimate of drug-likeness (QED) is 0.814. The molecular formula is C13H21N3O. The molecule has 1 aromatic rings. The van der Waals surface area contributed by atoms with E-state index in [1.54, 1.807) is 6.20 Å². The number of anilines is 1. The minimum absolute atomic E-state index is 0.0158. The summed E-state index contributed by atoms with van der Waals surface area (Å²) in [5.74, 6) is 0.916. The van der Waals surface area contributed by atoms with E-state index >= 15 is 0 Å². The van der Waals surface area contributed by atoms with Crippen molar-refractivity contribution in [3.05, 3.63) is 23.9 Å². The summed E-state index contributed by atoms with van der Waals surface area (Å²) in [5.41, 5.74) is 6.35. The molecule has 17 heavy (non-hydrogen) atoms. The fourth-order valence-corrected chi connectivity index (χ4v) is 2.31. The van der Waals surface area contributed by atoms with Crippen molar-refractivity contribution in [3.63, 3.8) is 0 Å². The maximum atomic E-state index is 10.1. The highest BCUT2D eigenvalue weighted by atomic mass is 16.3. The van der Waals surface area contributed by atoms with Gasteiger partial charge in [0.05, 0.1) is 5.60 Å². The SMILES string of the molecule is C[C@@H](N)c1ccnc(N2CCCC(C)(O)C2)c1. The molecule has 0 radical (unpaired) electrons. The normalized spacial score (nSPS) is 26.9. The van der Waals surface area contributed by atoms with E-state index in [4.69, 9.17) is 5.73 Å². The highest BCUT2D eigenvalue weighted by Crippen LogP contribution is 2.25. The molecule has 0 spiro atoms. The predicted octanol–water partition coefficient (Wildman–Crippen LogP) is 1.45. The molecule has 1 aliphatic heterocycles. The first kappa shape index (κ1) is 12.3. The Bertz CT molecular complexity index is 390. The zero-order valence-electron chi connectivity index (χ0n) is 10.6. The molecule has 2 rings (SSSR count). The molecule has 2 heterocycles. The van der Waals surface area contributed by atoms with E-state index in [9.17, 15) is 5.11 Å². The first-order valence-corrected chi connectivity index (χ1v) is 6.17. The molecule has 0 saturated carbocycles. The van der Waals surface area contributed by atoms with Gasteiger partial charge in [0.25, 0.3) is 0 Å². The Morgan fingerprint density at radius 1 is 1.59 bits per heavy atom. The second-order valence-corrected chi connectivity index (χ2v) is 5.26. The number of nitrogens with two attached hydrogens (primary N) is 1. The Balaban J connectivity index is 2.19. The number of hydrogen-bond donors (Lipinski definition) is 2. The molecule has 1 aromatic heterocycles. The van der Waals surface area contributed by atoms with Crippen LogP contribution in [0.4, 0.5) is 5.82 Å². The lowest BCUT2D eigenvalue weighted by Crippen LogP contribution is -2.46. The van der Waals surface area contributed by atoms with Crippen LogP contribution in [0.1, 0.15) is 38.3 Å². The van der Waals surface area contributed by atoms with Gasteiger partial charge in [-0.05, 0) is 44.4 Å². The molecular weight excluding hydrogens is 214 g/mol. The van der Waals surface area contributed by atoms with E-state index in [1.807, 2.05) is 26.0 Å². The van der Waals surface area contributed by atoms with Crippen molar-refractivity contribution in [2.24, 2.45) is 5.73 Å². The zero-order valence-corrected chi connectivity index (χ0v) is 10.6. The zero-order chi connectivity index (χ0) is 12.5. The summed E-state index contributed by atoms with van der Waals surface area (Å²) < 4.78 is 0. The van der Waals surface area contributed by atoms with Gasteiger partial charge < -0.3 is 15.7 Å². The Morgan fingerprint density at radius 2 is 2.35 bits per heavy atom. The molecule has 4 heteroatoms. The summed E-state index contributed by atoms with van der Waals surface area (Å²) in [6, 6.07) is 3.98. The number of hydrogen-bond acceptors (Lipinski definition) is 4. The molecule has 2 atom stereocenters.